The molecule has 4 nitrogen and oxygen atoms in total. The van der Waals surface area contributed by atoms with Crippen molar-refractivity contribution in [2.45, 2.75) is 20.4 Å². The molecule has 0 aliphatic carbocycles. The number of rotatable bonds is 5. The Kier molecular flexibility index (Phi) is 4.96. The highest BCUT2D eigenvalue weighted by Gasteiger charge is 2.15. The molecule has 2 heterocycles. The minimum Gasteiger partial charge on any atom is -0.370 e. The number of nitrogens with zero attached hydrogens (tertiary/aromatic N) is 3. The fraction of sp³-hybridized carbons (Fsp3) is 0.643. The molecule has 100 valence electrons. The van der Waals surface area contributed by atoms with E-state index in [1.54, 1.807) is 0 Å². The summed E-state index contributed by atoms with van der Waals surface area (Å²) in [6.07, 6.45) is 1.99. The molecule has 0 saturated carbocycles. The average Bonchev–Trinajstić information content (AvgIpc) is 2.42. The smallest absolute Gasteiger partial charge is 0.125 e. The molecule has 2 rings (SSSR count). The first-order valence-corrected chi connectivity index (χ1v) is 6.95. The van der Waals surface area contributed by atoms with E-state index in [9.17, 15) is 0 Å². The molecule has 0 aromatic carbocycles. The van der Waals surface area contributed by atoms with Gasteiger partial charge in [0, 0.05) is 45.5 Å². The van der Waals surface area contributed by atoms with E-state index in [4.69, 9.17) is 0 Å². The lowest BCUT2D eigenvalue weighted by atomic mass is 10.2. The third-order valence-electron chi connectivity index (χ3n) is 3.50. The van der Waals surface area contributed by atoms with Crippen LogP contribution in [-0.4, -0.2) is 54.1 Å². The van der Waals surface area contributed by atoms with Crippen molar-refractivity contribution in [1.82, 2.24) is 14.8 Å². The van der Waals surface area contributed by atoms with Crippen molar-refractivity contribution in [3.63, 3.8) is 0 Å². The lowest BCUT2D eigenvalue weighted by Crippen LogP contribution is -2.45. The monoisotopic (exact) mass is 248 g/mol. The molecule has 0 spiro atoms. The summed E-state index contributed by atoms with van der Waals surface area (Å²) in [4.78, 5) is 9.43. The first-order valence-electron chi connectivity index (χ1n) is 6.95. The zero-order valence-electron chi connectivity index (χ0n) is 11.5. The average molecular weight is 248 g/mol. The third kappa shape index (κ3) is 3.68. The van der Waals surface area contributed by atoms with Crippen LogP contribution in [0.5, 0.6) is 0 Å². The largest absolute Gasteiger partial charge is 0.370 e. The van der Waals surface area contributed by atoms with E-state index in [0.29, 0.717) is 0 Å². The lowest BCUT2D eigenvalue weighted by Gasteiger charge is -2.33. The van der Waals surface area contributed by atoms with Crippen molar-refractivity contribution in [1.29, 1.82) is 0 Å². The van der Waals surface area contributed by atoms with E-state index >= 15 is 0 Å². The molecule has 1 saturated heterocycles. The highest BCUT2D eigenvalue weighted by atomic mass is 15.3. The van der Waals surface area contributed by atoms with Crippen molar-refractivity contribution in [2.24, 2.45) is 0 Å². The Bertz CT molecular complexity index is 341. The molecule has 1 aromatic rings. The second-order valence-electron chi connectivity index (χ2n) is 4.79. The molecule has 1 N–H and O–H groups in total. The van der Waals surface area contributed by atoms with Crippen LogP contribution >= 0.6 is 0 Å². The fourth-order valence-corrected chi connectivity index (χ4v) is 2.33. The molecule has 18 heavy (non-hydrogen) atoms. The molecule has 0 bridgehead atoms. The molecule has 0 atom stereocenters. The number of aromatic nitrogens is 1. The quantitative estimate of drug-likeness (QED) is 0.858. The summed E-state index contributed by atoms with van der Waals surface area (Å²) in [5.74, 6) is 0.969. The molecule has 1 aliphatic rings. The van der Waals surface area contributed by atoms with Crippen LogP contribution in [0.15, 0.2) is 18.3 Å². The number of likely N-dealkylation sites (N-methyl/N-ethyl adjacent to an activating group) is 1. The predicted molar refractivity (Wildman–Crippen MR) is 75.8 cm³/mol. The van der Waals surface area contributed by atoms with Crippen molar-refractivity contribution in [2.75, 3.05) is 44.6 Å². The molecule has 0 radical (unpaired) electrons. The van der Waals surface area contributed by atoms with Gasteiger partial charge in [0.25, 0.3) is 0 Å². The molecular formula is C14H24N4. The minimum atomic E-state index is 0.922. The SMILES string of the molecule is CCNc1ccc(CN2CCN(CC)CC2)cn1. The van der Waals surface area contributed by atoms with Crippen LogP contribution in [0.3, 0.4) is 0 Å². The van der Waals surface area contributed by atoms with Crippen LogP contribution in [0.1, 0.15) is 19.4 Å². The van der Waals surface area contributed by atoms with Gasteiger partial charge in [0.1, 0.15) is 5.82 Å². The number of pyridine rings is 1. The van der Waals surface area contributed by atoms with Crippen LogP contribution in [0.4, 0.5) is 5.82 Å². The van der Waals surface area contributed by atoms with Gasteiger partial charge in [-0.3, -0.25) is 4.90 Å². The lowest BCUT2D eigenvalue weighted by molar-refractivity contribution is 0.132. The summed E-state index contributed by atoms with van der Waals surface area (Å²) in [5, 5.41) is 3.22. The molecule has 1 fully saturated rings. The Morgan fingerprint density at radius 2 is 1.83 bits per heavy atom. The number of piperazine rings is 1. The van der Waals surface area contributed by atoms with Crippen LogP contribution in [0.2, 0.25) is 0 Å². The predicted octanol–water partition coefficient (Wildman–Crippen LogP) is 1.65. The second kappa shape index (κ2) is 6.71. The van der Waals surface area contributed by atoms with E-state index in [2.05, 4.69) is 46.1 Å². The summed E-state index contributed by atoms with van der Waals surface area (Å²) < 4.78 is 0. The molecule has 0 amide bonds. The summed E-state index contributed by atoms with van der Waals surface area (Å²) in [7, 11) is 0. The topological polar surface area (TPSA) is 31.4 Å². The number of hydrogen-bond acceptors (Lipinski definition) is 4. The maximum Gasteiger partial charge on any atom is 0.125 e. The normalized spacial score (nSPS) is 17.9. The van der Waals surface area contributed by atoms with Gasteiger partial charge in [0.15, 0.2) is 0 Å². The van der Waals surface area contributed by atoms with E-state index in [1.807, 2.05) is 6.20 Å². The summed E-state index contributed by atoms with van der Waals surface area (Å²) in [6, 6.07) is 4.25. The summed E-state index contributed by atoms with van der Waals surface area (Å²) in [5.41, 5.74) is 1.31. The van der Waals surface area contributed by atoms with Crippen molar-refractivity contribution in [3.8, 4) is 0 Å². The Labute approximate surface area is 110 Å². The standard InChI is InChI=1S/C14H24N4/c1-3-15-14-6-5-13(11-16-14)12-18-9-7-17(4-2)8-10-18/h5-6,11H,3-4,7-10,12H2,1-2H3,(H,15,16). The van der Waals surface area contributed by atoms with Gasteiger partial charge in [0.2, 0.25) is 0 Å². The number of nitrogens with one attached hydrogen (secondary N) is 1. The molecule has 1 aliphatic heterocycles. The highest BCUT2D eigenvalue weighted by Crippen LogP contribution is 2.10. The minimum absolute atomic E-state index is 0.922. The third-order valence-corrected chi connectivity index (χ3v) is 3.50. The van der Waals surface area contributed by atoms with Gasteiger partial charge in [-0.2, -0.15) is 0 Å². The van der Waals surface area contributed by atoms with Gasteiger partial charge in [-0.15, -0.1) is 0 Å². The highest BCUT2D eigenvalue weighted by molar-refractivity contribution is 5.35. The van der Waals surface area contributed by atoms with Crippen LogP contribution in [0.25, 0.3) is 0 Å². The Morgan fingerprint density at radius 3 is 2.39 bits per heavy atom. The Balaban J connectivity index is 1.82. The van der Waals surface area contributed by atoms with Gasteiger partial charge in [-0.05, 0) is 25.1 Å². The van der Waals surface area contributed by atoms with Crippen molar-refractivity contribution in [3.05, 3.63) is 23.9 Å². The maximum absolute atomic E-state index is 4.42. The number of anilines is 1. The van der Waals surface area contributed by atoms with Crippen LogP contribution in [-0.2, 0) is 6.54 Å². The van der Waals surface area contributed by atoms with E-state index in [-0.39, 0.29) is 0 Å². The second-order valence-corrected chi connectivity index (χ2v) is 4.79. The Morgan fingerprint density at radius 1 is 1.11 bits per heavy atom. The van der Waals surface area contributed by atoms with Gasteiger partial charge < -0.3 is 10.2 Å². The first kappa shape index (κ1) is 13.3. The van der Waals surface area contributed by atoms with E-state index < -0.39 is 0 Å². The van der Waals surface area contributed by atoms with Gasteiger partial charge in [-0.1, -0.05) is 13.0 Å². The van der Waals surface area contributed by atoms with Gasteiger partial charge in [0.05, 0.1) is 0 Å². The van der Waals surface area contributed by atoms with Crippen molar-refractivity contribution < 1.29 is 0 Å². The van der Waals surface area contributed by atoms with E-state index in [1.165, 1.54) is 38.3 Å². The molecule has 1 aromatic heterocycles. The zero-order chi connectivity index (χ0) is 12.8. The Hall–Kier alpha value is -1.13. The molecule has 0 unspecified atom stereocenters. The van der Waals surface area contributed by atoms with Gasteiger partial charge >= 0.3 is 0 Å². The van der Waals surface area contributed by atoms with Gasteiger partial charge in [-0.25, -0.2) is 4.98 Å². The summed E-state index contributed by atoms with van der Waals surface area (Å²) >= 11 is 0. The zero-order valence-corrected chi connectivity index (χ0v) is 11.5. The van der Waals surface area contributed by atoms with Crippen molar-refractivity contribution >= 4 is 5.82 Å². The summed E-state index contributed by atoms with van der Waals surface area (Å²) in [6.45, 7) is 12.2. The molecular weight excluding hydrogens is 224 g/mol. The van der Waals surface area contributed by atoms with Crippen LogP contribution in [0, 0.1) is 0 Å². The van der Waals surface area contributed by atoms with E-state index in [0.717, 1.165) is 18.9 Å². The number of hydrogen-bond donors (Lipinski definition) is 1. The fourth-order valence-electron chi connectivity index (χ4n) is 2.33. The molecule has 4 heteroatoms. The first-order chi connectivity index (χ1) is 8.81. The van der Waals surface area contributed by atoms with Crippen LogP contribution < -0.4 is 5.32 Å². The maximum atomic E-state index is 4.42.